The van der Waals surface area contributed by atoms with Gasteiger partial charge in [0.2, 0.25) is 11.8 Å². The second-order valence-electron chi connectivity index (χ2n) is 3.82. The van der Waals surface area contributed by atoms with Gasteiger partial charge in [0.05, 0.1) is 13.7 Å². The molecular formula is C13H17N5O2. The maximum absolute atomic E-state index is 5.35. The van der Waals surface area contributed by atoms with Crippen molar-refractivity contribution in [1.82, 2.24) is 19.9 Å². The fourth-order valence-corrected chi connectivity index (χ4v) is 1.55. The Morgan fingerprint density at radius 1 is 1.15 bits per heavy atom. The second kappa shape index (κ2) is 6.65. The molecule has 0 aliphatic heterocycles. The first kappa shape index (κ1) is 14.0. The molecule has 2 rings (SSSR count). The lowest BCUT2D eigenvalue weighted by Crippen LogP contribution is -2.07. The zero-order valence-corrected chi connectivity index (χ0v) is 11.8. The van der Waals surface area contributed by atoms with Crippen LogP contribution in [0.3, 0.4) is 0 Å². The van der Waals surface area contributed by atoms with Crippen LogP contribution in [0.5, 0.6) is 11.9 Å². The zero-order chi connectivity index (χ0) is 14.4. The van der Waals surface area contributed by atoms with E-state index in [1.165, 1.54) is 0 Å². The van der Waals surface area contributed by atoms with Gasteiger partial charge in [-0.3, -0.25) is 0 Å². The van der Waals surface area contributed by atoms with Gasteiger partial charge in [-0.05, 0) is 19.9 Å². The number of rotatable bonds is 6. The highest BCUT2D eigenvalue weighted by atomic mass is 16.5. The van der Waals surface area contributed by atoms with Crippen LogP contribution in [0.15, 0.2) is 18.3 Å². The molecule has 106 valence electrons. The number of hydrogen-bond acceptors (Lipinski definition) is 7. The molecule has 0 saturated heterocycles. The summed E-state index contributed by atoms with van der Waals surface area (Å²) in [5.74, 6) is 1.53. The van der Waals surface area contributed by atoms with Crippen LogP contribution < -0.4 is 14.8 Å². The molecule has 2 heterocycles. The Labute approximate surface area is 117 Å². The molecule has 0 unspecified atom stereocenters. The van der Waals surface area contributed by atoms with E-state index in [-0.39, 0.29) is 0 Å². The van der Waals surface area contributed by atoms with E-state index >= 15 is 0 Å². The van der Waals surface area contributed by atoms with Gasteiger partial charge in [0.1, 0.15) is 0 Å². The van der Waals surface area contributed by atoms with Crippen molar-refractivity contribution in [2.24, 2.45) is 0 Å². The van der Waals surface area contributed by atoms with Crippen molar-refractivity contribution in [3.05, 3.63) is 18.3 Å². The maximum atomic E-state index is 5.35. The molecule has 0 aromatic carbocycles. The predicted molar refractivity (Wildman–Crippen MR) is 74.9 cm³/mol. The number of pyridine rings is 1. The van der Waals surface area contributed by atoms with Crippen molar-refractivity contribution in [1.29, 1.82) is 0 Å². The largest absolute Gasteiger partial charge is 0.481 e. The van der Waals surface area contributed by atoms with Crippen molar-refractivity contribution in [2.45, 2.75) is 13.8 Å². The fraction of sp³-hybridized carbons (Fsp3) is 0.385. The van der Waals surface area contributed by atoms with Crippen LogP contribution in [0.25, 0.3) is 11.4 Å². The van der Waals surface area contributed by atoms with E-state index in [4.69, 9.17) is 9.47 Å². The van der Waals surface area contributed by atoms with Gasteiger partial charge in [-0.1, -0.05) is 0 Å². The normalized spacial score (nSPS) is 10.2. The summed E-state index contributed by atoms with van der Waals surface area (Å²) in [5.41, 5.74) is 0.772. The molecule has 1 N–H and O–H groups in total. The van der Waals surface area contributed by atoms with Crippen LogP contribution in [0.2, 0.25) is 0 Å². The van der Waals surface area contributed by atoms with Crippen LogP contribution in [0.1, 0.15) is 13.8 Å². The van der Waals surface area contributed by atoms with Gasteiger partial charge in [0.15, 0.2) is 5.82 Å². The summed E-state index contributed by atoms with van der Waals surface area (Å²) in [5, 5.41) is 3.05. The third-order valence-electron chi connectivity index (χ3n) is 2.43. The van der Waals surface area contributed by atoms with Crippen LogP contribution in [0, 0.1) is 0 Å². The van der Waals surface area contributed by atoms with Gasteiger partial charge in [-0.15, -0.1) is 0 Å². The molecule has 0 bridgehead atoms. The lowest BCUT2D eigenvalue weighted by Gasteiger charge is -2.08. The molecule has 0 fully saturated rings. The molecule has 7 nitrogen and oxygen atoms in total. The van der Waals surface area contributed by atoms with E-state index < -0.39 is 0 Å². The van der Waals surface area contributed by atoms with Crippen molar-refractivity contribution in [3.8, 4) is 23.3 Å². The highest BCUT2D eigenvalue weighted by Crippen LogP contribution is 2.19. The molecule has 2 aromatic rings. The Kier molecular flexibility index (Phi) is 4.65. The topological polar surface area (TPSA) is 82.1 Å². The minimum Gasteiger partial charge on any atom is -0.481 e. The molecule has 0 amide bonds. The molecule has 2 aromatic heterocycles. The maximum Gasteiger partial charge on any atom is 0.321 e. The smallest absolute Gasteiger partial charge is 0.321 e. The standard InChI is InChI=1S/C13H17N5O2/c1-4-14-12-16-11(17-13(18-12)20-5-2)9-6-7-10(19-3)15-8-9/h6-8H,4-5H2,1-3H3,(H,14,16,17,18). The average Bonchev–Trinajstić information content (AvgIpc) is 2.48. The minimum atomic E-state index is 0.296. The summed E-state index contributed by atoms with van der Waals surface area (Å²) in [6.45, 7) is 5.07. The number of nitrogens with one attached hydrogen (secondary N) is 1. The van der Waals surface area contributed by atoms with Gasteiger partial charge in [0.25, 0.3) is 0 Å². The van der Waals surface area contributed by atoms with Crippen molar-refractivity contribution >= 4 is 5.95 Å². The third kappa shape index (κ3) is 3.31. The highest BCUT2D eigenvalue weighted by molar-refractivity contribution is 5.55. The first-order valence-electron chi connectivity index (χ1n) is 6.40. The number of anilines is 1. The molecule has 20 heavy (non-hydrogen) atoms. The van der Waals surface area contributed by atoms with Crippen molar-refractivity contribution in [3.63, 3.8) is 0 Å². The lowest BCUT2D eigenvalue weighted by atomic mass is 10.3. The van der Waals surface area contributed by atoms with Gasteiger partial charge < -0.3 is 14.8 Å². The summed E-state index contributed by atoms with van der Waals surface area (Å²) in [4.78, 5) is 16.9. The summed E-state index contributed by atoms with van der Waals surface area (Å²) in [7, 11) is 1.57. The first-order chi connectivity index (χ1) is 9.76. The van der Waals surface area contributed by atoms with E-state index in [0.717, 1.165) is 12.1 Å². The van der Waals surface area contributed by atoms with Crippen LogP contribution >= 0.6 is 0 Å². The van der Waals surface area contributed by atoms with Crippen LogP contribution in [-0.2, 0) is 0 Å². The van der Waals surface area contributed by atoms with E-state index in [0.29, 0.717) is 30.3 Å². The Morgan fingerprint density at radius 3 is 2.60 bits per heavy atom. The number of methoxy groups -OCH3 is 1. The highest BCUT2D eigenvalue weighted by Gasteiger charge is 2.09. The summed E-state index contributed by atoms with van der Waals surface area (Å²) in [6.07, 6.45) is 1.65. The quantitative estimate of drug-likeness (QED) is 0.860. The first-order valence-corrected chi connectivity index (χ1v) is 6.40. The summed E-state index contributed by atoms with van der Waals surface area (Å²) < 4.78 is 10.4. The average molecular weight is 275 g/mol. The van der Waals surface area contributed by atoms with E-state index in [1.54, 1.807) is 19.4 Å². The summed E-state index contributed by atoms with van der Waals surface area (Å²) >= 11 is 0. The molecule has 0 radical (unpaired) electrons. The molecule has 7 heteroatoms. The third-order valence-corrected chi connectivity index (χ3v) is 2.43. The minimum absolute atomic E-state index is 0.296. The molecule has 0 saturated carbocycles. The van der Waals surface area contributed by atoms with Crippen molar-refractivity contribution in [2.75, 3.05) is 25.6 Å². The monoisotopic (exact) mass is 275 g/mol. The predicted octanol–water partition coefficient (Wildman–Crippen LogP) is 1.77. The Morgan fingerprint density at radius 2 is 2.00 bits per heavy atom. The number of nitrogens with zero attached hydrogens (tertiary/aromatic N) is 4. The fourth-order valence-electron chi connectivity index (χ4n) is 1.55. The number of ether oxygens (including phenoxy) is 2. The van der Waals surface area contributed by atoms with Gasteiger partial charge in [-0.25, -0.2) is 4.98 Å². The molecule has 0 spiro atoms. The van der Waals surface area contributed by atoms with Gasteiger partial charge >= 0.3 is 6.01 Å². The molecule has 0 aliphatic carbocycles. The number of hydrogen-bond donors (Lipinski definition) is 1. The van der Waals surface area contributed by atoms with Crippen LogP contribution in [-0.4, -0.2) is 40.2 Å². The lowest BCUT2D eigenvalue weighted by molar-refractivity contribution is 0.312. The van der Waals surface area contributed by atoms with E-state index in [1.807, 2.05) is 19.9 Å². The van der Waals surface area contributed by atoms with Gasteiger partial charge in [0, 0.05) is 24.4 Å². The zero-order valence-electron chi connectivity index (χ0n) is 11.8. The Balaban J connectivity index is 2.37. The second-order valence-corrected chi connectivity index (χ2v) is 3.82. The number of aromatic nitrogens is 4. The molecule has 0 atom stereocenters. The van der Waals surface area contributed by atoms with Crippen molar-refractivity contribution < 1.29 is 9.47 Å². The van der Waals surface area contributed by atoms with Crippen LogP contribution in [0.4, 0.5) is 5.95 Å². The Bertz CT molecular complexity index is 535. The SMILES string of the molecule is CCNc1nc(OCC)nc(-c2ccc(OC)nc2)n1. The van der Waals surface area contributed by atoms with E-state index in [2.05, 4.69) is 25.3 Å². The van der Waals surface area contributed by atoms with E-state index in [9.17, 15) is 0 Å². The Hall–Kier alpha value is -2.44. The molecule has 0 aliphatic rings. The van der Waals surface area contributed by atoms with Gasteiger partial charge in [-0.2, -0.15) is 15.0 Å². The molecular weight excluding hydrogens is 258 g/mol. The summed E-state index contributed by atoms with van der Waals surface area (Å²) in [6, 6.07) is 3.89.